The molecule has 0 bridgehead atoms. The normalized spacial score (nSPS) is 10.9. The van der Waals surface area contributed by atoms with Crippen LogP contribution in [0.2, 0.25) is 0 Å². The number of fused-ring (bicyclic) bond motifs is 1. The average molecular weight is 352 g/mol. The Bertz CT molecular complexity index is 988. The molecule has 0 N–H and O–H groups in total. The number of aromatic nitrogens is 2. The summed E-state index contributed by atoms with van der Waals surface area (Å²) in [6, 6.07) is 14.0. The number of hydrogen-bond acceptors (Lipinski definition) is 4. The Balaban J connectivity index is 1.78. The molecule has 0 saturated heterocycles. The van der Waals surface area contributed by atoms with E-state index in [4.69, 9.17) is 0 Å². The molecule has 134 valence electrons. The van der Waals surface area contributed by atoms with Crippen molar-refractivity contribution in [2.45, 2.75) is 26.9 Å². The number of aryl methyl sites for hydroxylation is 1. The highest BCUT2D eigenvalue weighted by atomic mass is 16.6. The largest absolute Gasteiger partial charge is 0.340 e. The first-order valence-corrected chi connectivity index (χ1v) is 8.27. The number of nitrogens with zero attached hydrogens (tertiary/aromatic N) is 4. The van der Waals surface area contributed by atoms with Crippen LogP contribution < -0.4 is 0 Å². The Morgan fingerprint density at radius 1 is 1.19 bits per heavy atom. The molecule has 2 aromatic carbocycles. The molecule has 0 radical (unpaired) electrons. The minimum Gasteiger partial charge on any atom is -0.340 e. The van der Waals surface area contributed by atoms with Crippen LogP contribution in [-0.2, 0) is 17.9 Å². The second-order valence-corrected chi connectivity index (χ2v) is 6.32. The molecule has 0 unspecified atom stereocenters. The number of carbonyl (C=O) groups excluding carboxylic acids is 1. The maximum Gasteiger partial charge on any atom is 0.312 e. The van der Waals surface area contributed by atoms with Crippen molar-refractivity contribution in [3.63, 3.8) is 0 Å². The van der Waals surface area contributed by atoms with Crippen molar-refractivity contribution in [1.29, 1.82) is 0 Å². The van der Waals surface area contributed by atoms with Gasteiger partial charge in [-0.3, -0.25) is 19.6 Å². The molecule has 0 atom stereocenters. The lowest BCUT2D eigenvalue weighted by atomic mass is 10.0. The summed E-state index contributed by atoms with van der Waals surface area (Å²) in [5.41, 5.74) is 1.73. The molecule has 0 saturated carbocycles. The smallest absolute Gasteiger partial charge is 0.312 e. The quantitative estimate of drug-likeness (QED) is 0.521. The maximum absolute atomic E-state index is 12.6. The van der Waals surface area contributed by atoms with Crippen LogP contribution in [0.5, 0.6) is 0 Å². The van der Waals surface area contributed by atoms with Gasteiger partial charge in [0.1, 0.15) is 17.9 Å². The standard InChI is InChI=1S/C19H20N4O3/c1-13-19(23(25)26)14(2)22(20-13)12-18(24)21(3)11-16-9-6-8-15-7-4-5-10-17(15)16/h4-10H,11-12H2,1-3H3. The lowest BCUT2D eigenvalue weighted by molar-refractivity contribution is -0.386. The summed E-state index contributed by atoms with van der Waals surface area (Å²) in [4.78, 5) is 24.8. The van der Waals surface area contributed by atoms with E-state index in [2.05, 4.69) is 5.10 Å². The highest BCUT2D eigenvalue weighted by Gasteiger charge is 2.23. The molecule has 0 aliphatic heterocycles. The predicted octanol–water partition coefficient (Wildman–Crippen LogP) is 3.22. The number of hydrogen-bond donors (Lipinski definition) is 0. The SMILES string of the molecule is Cc1nn(CC(=O)N(C)Cc2cccc3ccccc23)c(C)c1[N+](=O)[O-]. The molecular formula is C19H20N4O3. The second kappa shape index (κ2) is 6.95. The Morgan fingerprint density at radius 3 is 2.58 bits per heavy atom. The van der Waals surface area contributed by atoms with Gasteiger partial charge in [0.25, 0.3) is 0 Å². The summed E-state index contributed by atoms with van der Waals surface area (Å²) in [5.74, 6) is -0.154. The van der Waals surface area contributed by atoms with Crippen LogP contribution >= 0.6 is 0 Å². The van der Waals surface area contributed by atoms with Crippen molar-refractivity contribution in [3.05, 3.63) is 69.5 Å². The van der Waals surface area contributed by atoms with Crippen molar-refractivity contribution < 1.29 is 9.72 Å². The van der Waals surface area contributed by atoms with E-state index in [1.807, 2.05) is 42.5 Å². The van der Waals surface area contributed by atoms with Crippen LogP contribution in [0.15, 0.2) is 42.5 Å². The van der Waals surface area contributed by atoms with E-state index in [1.165, 1.54) is 4.68 Å². The molecule has 0 aliphatic rings. The van der Waals surface area contributed by atoms with Gasteiger partial charge in [0.2, 0.25) is 5.91 Å². The van der Waals surface area contributed by atoms with Gasteiger partial charge in [0.05, 0.1) is 4.92 Å². The number of nitro groups is 1. The zero-order valence-corrected chi connectivity index (χ0v) is 15.0. The lowest BCUT2D eigenvalue weighted by Crippen LogP contribution is -2.30. The fraction of sp³-hybridized carbons (Fsp3) is 0.263. The maximum atomic E-state index is 12.6. The van der Waals surface area contributed by atoms with Crippen LogP contribution in [0.3, 0.4) is 0 Å². The Kier molecular flexibility index (Phi) is 4.71. The molecular weight excluding hydrogens is 332 g/mol. The van der Waals surface area contributed by atoms with E-state index in [1.54, 1.807) is 25.8 Å². The van der Waals surface area contributed by atoms with Crippen molar-refractivity contribution in [3.8, 4) is 0 Å². The summed E-state index contributed by atoms with van der Waals surface area (Å²) in [6.45, 7) is 3.62. The number of likely N-dealkylation sites (N-methyl/N-ethyl adjacent to an activating group) is 1. The van der Waals surface area contributed by atoms with E-state index in [9.17, 15) is 14.9 Å². The third-order valence-electron chi connectivity index (χ3n) is 4.52. The van der Waals surface area contributed by atoms with Gasteiger partial charge in [-0.2, -0.15) is 5.10 Å². The molecule has 7 heteroatoms. The fourth-order valence-electron chi connectivity index (χ4n) is 3.13. The van der Waals surface area contributed by atoms with Crippen molar-refractivity contribution >= 4 is 22.4 Å². The monoisotopic (exact) mass is 352 g/mol. The van der Waals surface area contributed by atoms with E-state index >= 15 is 0 Å². The van der Waals surface area contributed by atoms with Crippen LogP contribution in [-0.4, -0.2) is 32.6 Å². The molecule has 0 fully saturated rings. The molecule has 1 aromatic heterocycles. The summed E-state index contributed by atoms with van der Waals surface area (Å²) in [5, 5.41) is 17.5. The van der Waals surface area contributed by atoms with Gasteiger partial charge in [-0.1, -0.05) is 42.5 Å². The minimum absolute atomic E-state index is 0.0260. The predicted molar refractivity (Wildman–Crippen MR) is 98.8 cm³/mol. The van der Waals surface area contributed by atoms with Gasteiger partial charge in [-0.05, 0) is 30.2 Å². The van der Waals surface area contributed by atoms with Crippen molar-refractivity contribution in [2.24, 2.45) is 0 Å². The molecule has 0 spiro atoms. The molecule has 1 amide bonds. The summed E-state index contributed by atoms with van der Waals surface area (Å²) in [7, 11) is 1.73. The van der Waals surface area contributed by atoms with Crippen molar-refractivity contribution in [1.82, 2.24) is 14.7 Å². The van der Waals surface area contributed by atoms with Crippen LogP contribution in [0.25, 0.3) is 10.8 Å². The van der Waals surface area contributed by atoms with E-state index < -0.39 is 4.92 Å². The van der Waals surface area contributed by atoms with Gasteiger partial charge in [0, 0.05) is 13.6 Å². The van der Waals surface area contributed by atoms with E-state index in [0.29, 0.717) is 17.9 Å². The Hall–Kier alpha value is -3.22. The number of amides is 1. The van der Waals surface area contributed by atoms with Crippen LogP contribution in [0.1, 0.15) is 17.0 Å². The van der Waals surface area contributed by atoms with Crippen LogP contribution in [0, 0.1) is 24.0 Å². The Labute approximate surface area is 151 Å². The lowest BCUT2D eigenvalue weighted by Gasteiger charge is -2.19. The fourth-order valence-corrected chi connectivity index (χ4v) is 3.13. The Morgan fingerprint density at radius 2 is 1.88 bits per heavy atom. The van der Waals surface area contributed by atoms with Gasteiger partial charge < -0.3 is 4.90 Å². The third kappa shape index (κ3) is 3.28. The first kappa shape index (κ1) is 17.6. The average Bonchev–Trinajstić information content (AvgIpc) is 2.88. The highest BCUT2D eigenvalue weighted by Crippen LogP contribution is 2.22. The van der Waals surface area contributed by atoms with Crippen LogP contribution in [0.4, 0.5) is 5.69 Å². The number of carbonyl (C=O) groups is 1. The van der Waals surface area contributed by atoms with Gasteiger partial charge >= 0.3 is 5.69 Å². The topological polar surface area (TPSA) is 81.3 Å². The zero-order chi connectivity index (χ0) is 18.8. The summed E-state index contributed by atoms with van der Waals surface area (Å²) in [6.07, 6.45) is 0. The zero-order valence-electron chi connectivity index (χ0n) is 15.0. The molecule has 3 rings (SSSR count). The summed E-state index contributed by atoms with van der Waals surface area (Å²) < 4.78 is 1.40. The van der Waals surface area contributed by atoms with Gasteiger partial charge in [0.15, 0.2) is 0 Å². The molecule has 0 aliphatic carbocycles. The first-order valence-electron chi connectivity index (χ1n) is 8.27. The molecule has 7 nitrogen and oxygen atoms in total. The van der Waals surface area contributed by atoms with Gasteiger partial charge in [-0.15, -0.1) is 0 Å². The molecule has 26 heavy (non-hydrogen) atoms. The van der Waals surface area contributed by atoms with Gasteiger partial charge in [-0.25, -0.2) is 0 Å². The van der Waals surface area contributed by atoms with Crippen molar-refractivity contribution in [2.75, 3.05) is 7.05 Å². The second-order valence-electron chi connectivity index (χ2n) is 6.32. The van der Waals surface area contributed by atoms with E-state index in [-0.39, 0.29) is 18.1 Å². The highest BCUT2D eigenvalue weighted by molar-refractivity contribution is 5.86. The summed E-state index contributed by atoms with van der Waals surface area (Å²) >= 11 is 0. The minimum atomic E-state index is -0.460. The van der Waals surface area contributed by atoms with E-state index in [0.717, 1.165) is 16.3 Å². The molecule has 3 aromatic rings. The number of rotatable bonds is 5. The first-order chi connectivity index (χ1) is 12.4. The third-order valence-corrected chi connectivity index (χ3v) is 4.52. The number of benzene rings is 2. The molecule has 1 heterocycles.